The van der Waals surface area contributed by atoms with Crippen molar-refractivity contribution in [3.05, 3.63) is 29.8 Å². The molecular weight excluding hydrogens is 363 g/mol. The van der Waals surface area contributed by atoms with Gasteiger partial charge in [-0.15, -0.1) is 0 Å². The second-order valence-electron chi connectivity index (χ2n) is 9.95. The largest absolute Gasteiger partial charge is 0.494 e. The minimum Gasteiger partial charge on any atom is -0.466 e. The Morgan fingerprint density at radius 1 is 1.14 bits per heavy atom. The van der Waals surface area contributed by atoms with Gasteiger partial charge in [-0.1, -0.05) is 38.1 Å². The van der Waals surface area contributed by atoms with Crippen LogP contribution >= 0.6 is 0 Å². The van der Waals surface area contributed by atoms with Gasteiger partial charge in [0, 0.05) is 0 Å². The first kappa shape index (κ1) is 22.4. The molecule has 0 aromatic heterocycles. The van der Waals surface area contributed by atoms with Crippen LogP contribution in [-0.4, -0.2) is 30.9 Å². The summed E-state index contributed by atoms with van der Waals surface area (Å²) < 4.78 is 17.6. The van der Waals surface area contributed by atoms with Crippen LogP contribution in [0.4, 0.5) is 0 Å². The summed E-state index contributed by atoms with van der Waals surface area (Å²) in [5.74, 6) is 1.40. The monoisotopic (exact) mass is 400 g/mol. The van der Waals surface area contributed by atoms with E-state index in [-0.39, 0.29) is 30.2 Å². The van der Waals surface area contributed by atoms with Gasteiger partial charge in [-0.25, -0.2) is 0 Å². The number of carbonyl (C=O) groups is 1. The average molecular weight is 400 g/mol. The molecule has 2 fully saturated rings. The molecule has 1 aromatic rings. The molecule has 5 heteroatoms. The van der Waals surface area contributed by atoms with Crippen LogP contribution in [0.15, 0.2) is 24.3 Å². The van der Waals surface area contributed by atoms with Crippen LogP contribution in [0.5, 0.6) is 0 Å². The summed E-state index contributed by atoms with van der Waals surface area (Å²) in [5, 5.41) is 0. The topological polar surface area (TPSA) is 44.8 Å². The maximum Gasteiger partial charge on any atom is 0.494 e. The fourth-order valence-corrected chi connectivity index (χ4v) is 4.82. The summed E-state index contributed by atoms with van der Waals surface area (Å²) in [4.78, 5) is 12.1. The Balaban J connectivity index is 1.63. The Bertz CT molecular complexity index is 696. The zero-order valence-corrected chi connectivity index (χ0v) is 19.2. The van der Waals surface area contributed by atoms with E-state index in [4.69, 9.17) is 14.0 Å². The smallest absolute Gasteiger partial charge is 0.466 e. The van der Waals surface area contributed by atoms with Crippen LogP contribution in [0.2, 0.25) is 0 Å². The van der Waals surface area contributed by atoms with Crippen molar-refractivity contribution in [3.63, 3.8) is 0 Å². The summed E-state index contributed by atoms with van der Waals surface area (Å²) in [6.45, 7) is 15.0. The van der Waals surface area contributed by atoms with Crippen molar-refractivity contribution in [2.45, 2.75) is 84.8 Å². The Hall–Kier alpha value is -1.33. The van der Waals surface area contributed by atoms with Gasteiger partial charge >= 0.3 is 13.1 Å². The molecule has 1 saturated carbocycles. The van der Waals surface area contributed by atoms with E-state index in [1.165, 1.54) is 5.56 Å². The highest BCUT2D eigenvalue weighted by Gasteiger charge is 2.51. The van der Waals surface area contributed by atoms with Gasteiger partial charge in [-0.3, -0.25) is 4.79 Å². The van der Waals surface area contributed by atoms with Gasteiger partial charge in [0.1, 0.15) is 0 Å². The summed E-state index contributed by atoms with van der Waals surface area (Å²) >= 11 is 0. The number of rotatable bonds is 5. The normalized spacial score (nSPS) is 29.5. The average Bonchev–Trinajstić information content (AvgIpc) is 2.89. The third-order valence-corrected chi connectivity index (χ3v) is 7.47. The molecule has 1 aromatic carbocycles. The molecule has 0 N–H and O–H groups in total. The SMILES string of the molecule is CCOC(=O)[C@@H](C)[C@H]1CC[C@H](c2ccc(B3OC(C)(C)C(C)(C)O3)cc2)C[C@@H]1C. The summed E-state index contributed by atoms with van der Waals surface area (Å²) in [6.07, 6.45) is 3.31. The maximum atomic E-state index is 12.1. The Kier molecular flexibility index (Phi) is 6.50. The van der Waals surface area contributed by atoms with Gasteiger partial charge in [0.05, 0.1) is 23.7 Å². The van der Waals surface area contributed by atoms with E-state index < -0.39 is 0 Å². The number of carbonyl (C=O) groups excluding carboxylic acids is 1. The van der Waals surface area contributed by atoms with E-state index in [1.54, 1.807) is 0 Å². The zero-order chi connectivity index (χ0) is 21.4. The van der Waals surface area contributed by atoms with Gasteiger partial charge in [0.15, 0.2) is 0 Å². The Morgan fingerprint density at radius 2 is 1.72 bits per heavy atom. The van der Waals surface area contributed by atoms with Crippen LogP contribution in [0.25, 0.3) is 0 Å². The highest BCUT2D eigenvalue weighted by atomic mass is 16.7. The molecule has 0 bridgehead atoms. The molecule has 4 nitrogen and oxygen atoms in total. The minimum atomic E-state index is -0.320. The molecule has 0 radical (unpaired) electrons. The molecule has 4 atom stereocenters. The third kappa shape index (κ3) is 4.56. The molecule has 0 spiro atoms. The second kappa shape index (κ2) is 8.43. The van der Waals surface area contributed by atoms with Crippen LogP contribution in [0.1, 0.15) is 79.2 Å². The number of hydrogen-bond acceptors (Lipinski definition) is 4. The van der Waals surface area contributed by atoms with Crippen molar-refractivity contribution < 1.29 is 18.8 Å². The minimum absolute atomic E-state index is 0.0170. The molecule has 2 aliphatic rings. The summed E-state index contributed by atoms with van der Waals surface area (Å²) in [7, 11) is -0.311. The fourth-order valence-electron chi connectivity index (χ4n) is 4.82. The van der Waals surface area contributed by atoms with Gasteiger partial charge in [0.25, 0.3) is 0 Å². The van der Waals surface area contributed by atoms with Crippen LogP contribution in [-0.2, 0) is 18.8 Å². The van der Waals surface area contributed by atoms with E-state index in [1.807, 2.05) is 13.8 Å². The van der Waals surface area contributed by atoms with E-state index >= 15 is 0 Å². The first-order chi connectivity index (χ1) is 13.6. The predicted octanol–water partition coefficient (Wildman–Crippen LogP) is 4.70. The molecule has 160 valence electrons. The summed E-state index contributed by atoms with van der Waals surface area (Å²) in [6, 6.07) is 8.75. The molecule has 1 saturated heterocycles. The fraction of sp³-hybridized carbons (Fsp3) is 0.708. The van der Waals surface area contributed by atoms with Crippen molar-refractivity contribution in [2.24, 2.45) is 17.8 Å². The number of esters is 1. The van der Waals surface area contributed by atoms with Crippen LogP contribution in [0, 0.1) is 17.8 Å². The van der Waals surface area contributed by atoms with E-state index in [2.05, 4.69) is 58.9 Å². The first-order valence-electron chi connectivity index (χ1n) is 11.2. The molecule has 0 unspecified atom stereocenters. The molecule has 0 amide bonds. The van der Waals surface area contributed by atoms with Gasteiger partial charge in [0.2, 0.25) is 0 Å². The van der Waals surface area contributed by atoms with Crippen molar-refractivity contribution >= 4 is 18.6 Å². The predicted molar refractivity (Wildman–Crippen MR) is 117 cm³/mol. The second-order valence-corrected chi connectivity index (χ2v) is 9.95. The first-order valence-corrected chi connectivity index (χ1v) is 11.2. The molecule has 1 aliphatic carbocycles. The van der Waals surface area contributed by atoms with Crippen molar-refractivity contribution in [2.75, 3.05) is 6.61 Å². The van der Waals surface area contributed by atoms with Gasteiger partial charge in [-0.2, -0.15) is 0 Å². The maximum absolute atomic E-state index is 12.1. The van der Waals surface area contributed by atoms with E-state index in [0.717, 1.165) is 24.7 Å². The van der Waals surface area contributed by atoms with Crippen LogP contribution < -0.4 is 5.46 Å². The quantitative estimate of drug-likeness (QED) is 0.531. The van der Waals surface area contributed by atoms with Gasteiger partial charge < -0.3 is 14.0 Å². The number of hydrogen-bond donors (Lipinski definition) is 0. The highest BCUT2D eigenvalue weighted by molar-refractivity contribution is 6.62. The van der Waals surface area contributed by atoms with Crippen molar-refractivity contribution in [1.82, 2.24) is 0 Å². The molecule has 1 aliphatic heterocycles. The lowest BCUT2D eigenvalue weighted by atomic mass is 9.68. The standard InChI is InChI=1S/C24H37BO4/c1-8-27-22(26)17(3)21-14-11-19(15-16(21)2)18-9-12-20(13-10-18)25-28-23(4,5)24(6,7)29-25/h9-10,12-13,16-17,19,21H,8,11,14-15H2,1-7H3/t16-,17-,19-,21-/m0/s1. The van der Waals surface area contributed by atoms with Crippen molar-refractivity contribution in [1.29, 1.82) is 0 Å². The lowest BCUT2D eigenvalue weighted by molar-refractivity contribution is -0.150. The third-order valence-electron chi connectivity index (χ3n) is 7.47. The number of benzene rings is 1. The highest BCUT2D eigenvalue weighted by Crippen LogP contribution is 2.43. The van der Waals surface area contributed by atoms with E-state index in [0.29, 0.717) is 24.4 Å². The zero-order valence-electron chi connectivity index (χ0n) is 19.2. The summed E-state index contributed by atoms with van der Waals surface area (Å²) in [5.41, 5.74) is 1.81. The lowest BCUT2D eigenvalue weighted by Gasteiger charge is -2.37. The molecular formula is C24H37BO4. The molecule has 29 heavy (non-hydrogen) atoms. The lowest BCUT2D eigenvalue weighted by Crippen LogP contribution is -2.41. The number of ether oxygens (including phenoxy) is 1. The molecule has 3 rings (SSSR count). The Labute approximate surface area is 176 Å². The van der Waals surface area contributed by atoms with Crippen LogP contribution in [0.3, 0.4) is 0 Å². The van der Waals surface area contributed by atoms with Crippen molar-refractivity contribution in [3.8, 4) is 0 Å². The Morgan fingerprint density at radius 3 is 2.24 bits per heavy atom. The van der Waals surface area contributed by atoms with E-state index in [9.17, 15) is 4.79 Å². The van der Waals surface area contributed by atoms with Gasteiger partial charge in [-0.05, 0) is 82.7 Å². The molecule has 1 heterocycles.